The van der Waals surface area contributed by atoms with E-state index in [9.17, 15) is 9.59 Å². The van der Waals surface area contributed by atoms with Crippen LogP contribution in [0.4, 0.5) is 9.59 Å². The third-order valence-electron chi connectivity index (χ3n) is 4.30. The maximum absolute atomic E-state index is 12.0. The van der Waals surface area contributed by atoms with Crippen LogP contribution >= 0.6 is 11.3 Å². The van der Waals surface area contributed by atoms with Gasteiger partial charge in [0.2, 0.25) is 0 Å². The summed E-state index contributed by atoms with van der Waals surface area (Å²) < 4.78 is 5.00. The normalized spacial score (nSPS) is 15.6. The van der Waals surface area contributed by atoms with Gasteiger partial charge in [0, 0.05) is 42.9 Å². The molecule has 0 atom stereocenters. The minimum atomic E-state index is -0.270. The number of piperidine rings is 1. The number of carbonyl (C=O) groups excluding carboxylic acids is 2. The molecule has 26 heavy (non-hydrogen) atoms. The molecule has 3 amide bonds. The van der Waals surface area contributed by atoms with Gasteiger partial charge in [-0.25, -0.2) is 14.6 Å². The molecule has 0 radical (unpaired) electrons. The molecule has 1 aromatic heterocycles. The zero-order valence-corrected chi connectivity index (χ0v) is 16.9. The lowest BCUT2D eigenvalue weighted by Gasteiger charge is -2.31. The zero-order chi connectivity index (χ0) is 19.2. The first kappa shape index (κ1) is 20.5. The van der Waals surface area contributed by atoms with E-state index in [2.05, 4.69) is 41.8 Å². The van der Waals surface area contributed by atoms with Crippen LogP contribution in [-0.2, 0) is 16.6 Å². The first-order valence-electron chi connectivity index (χ1n) is 9.20. The number of carbonyl (C=O) groups is 2. The quantitative estimate of drug-likeness (QED) is 0.820. The Morgan fingerprint density at radius 2 is 2.04 bits per heavy atom. The lowest BCUT2D eigenvalue weighted by atomic mass is 9.93. The molecule has 2 rings (SSSR count). The highest BCUT2D eigenvalue weighted by Crippen LogP contribution is 2.23. The number of nitrogens with zero attached hydrogens (tertiary/aromatic N) is 2. The lowest BCUT2D eigenvalue weighted by molar-refractivity contribution is 0.0957. The van der Waals surface area contributed by atoms with Crippen LogP contribution in [0.15, 0.2) is 5.38 Å². The summed E-state index contributed by atoms with van der Waals surface area (Å²) in [4.78, 5) is 30.0. The number of rotatable bonds is 5. The molecule has 1 saturated heterocycles. The minimum Gasteiger partial charge on any atom is -0.450 e. The highest BCUT2D eigenvalue weighted by atomic mass is 32.1. The Morgan fingerprint density at radius 3 is 2.62 bits per heavy atom. The molecule has 1 aromatic rings. The van der Waals surface area contributed by atoms with E-state index < -0.39 is 0 Å². The molecule has 8 heteroatoms. The predicted octanol–water partition coefficient (Wildman–Crippen LogP) is 2.90. The lowest BCUT2D eigenvalue weighted by Crippen LogP contribution is -2.49. The van der Waals surface area contributed by atoms with Crippen molar-refractivity contribution in [2.24, 2.45) is 0 Å². The summed E-state index contributed by atoms with van der Waals surface area (Å²) in [5.74, 6) is 0. The van der Waals surface area contributed by atoms with Gasteiger partial charge in [-0.05, 0) is 19.8 Å². The Kier molecular flexibility index (Phi) is 7.25. The second kappa shape index (κ2) is 9.21. The highest BCUT2D eigenvalue weighted by Gasteiger charge is 2.24. The number of ether oxygens (including phenoxy) is 1. The second-order valence-electron chi connectivity index (χ2n) is 7.49. The maximum Gasteiger partial charge on any atom is 0.409 e. The van der Waals surface area contributed by atoms with Crippen LogP contribution in [0.5, 0.6) is 0 Å². The number of likely N-dealkylation sites (tertiary alicyclic amines) is 1. The number of hydrogen-bond acceptors (Lipinski definition) is 5. The van der Waals surface area contributed by atoms with Crippen LogP contribution in [0.25, 0.3) is 0 Å². The molecule has 0 saturated carbocycles. The van der Waals surface area contributed by atoms with Crippen molar-refractivity contribution in [2.75, 3.05) is 26.2 Å². The third kappa shape index (κ3) is 6.16. The van der Waals surface area contributed by atoms with E-state index in [4.69, 9.17) is 4.74 Å². The number of urea groups is 1. The smallest absolute Gasteiger partial charge is 0.409 e. The third-order valence-corrected chi connectivity index (χ3v) is 5.21. The molecule has 0 aliphatic carbocycles. The minimum absolute atomic E-state index is 0.0535. The van der Waals surface area contributed by atoms with E-state index in [1.54, 1.807) is 23.2 Å². The summed E-state index contributed by atoms with van der Waals surface area (Å²) in [5, 5.41) is 9.00. The average molecular weight is 383 g/mol. The van der Waals surface area contributed by atoms with Gasteiger partial charge in [-0.2, -0.15) is 0 Å². The van der Waals surface area contributed by atoms with Gasteiger partial charge >= 0.3 is 12.1 Å². The largest absolute Gasteiger partial charge is 0.450 e. The van der Waals surface area contributed by atoms with Gasteiger partial charge in [0.15, 0.2) is 0 Å². The van der Waals surface area contributed by atoms with E-state index >= 15 is 0 Å². The molecule has 0 bridgehead atoms. The number of amides is 3. The fourth-order valence-corrected chi connectivity index (χ4v) is 3.74. The molecule has 146 valence electrons. The molecule has 1 aliphatic heterocycles. The summed E-state index contributed by atoms with van der Waals surface area (Å²) in [6.07, 6.45) is 1.95. The fraction of sp³-hybridized carbons (Fsp3) is 0.722. The predicted molar refractivity (Wildman–Crippen MR) is 103 cm³/mol. The molecule has 1 aliphatic rings. The van der Waals surface area contributed by atoms with Crippen molar-refractivity contribution in [1.29, 1.82) is 0 Å². The second-order valence-corrected chi connectivity index (χ2v) is 8.43. The fourth-order valence-electron chi connectivity index (χ4n) is 2.71. The first-order valence-corrected chi connectivity index (χ1v) is 10.1. The van der Waals surface area contributed by atoms with E-state index in [1.165, 1.54) is 0 Å². The van der Waals surface area contributed by atoms with Gasteiger partial charge in [-0.3, -0.25) is 0 Å². The molecular weight excluding hydrogens is 352 g/mol. The standard InChI is InChI=1S/C18H30N4O3S/c1-5-25-17(24)22-10-7-13(8-11-22)20-16(23)19-9-6-15-21-14(12-26-15)18(2,3)4/h12-13H,5-11H2,1-4H3,(H2,19,20,23). The monoisotopic (exact) mass is 382 g/mol. The van der Waals surface area contributed by atoms with Crippen molar-refractivity contribution >= 4 is 23.5 Å². The topological polar surface area (TPSA) is 83.6 Å². The summed E-state index contributed by atoms with van der Waals surface area (Å²) in [6, 6.07) is -0.0692. The van der Waals surface area contributed by atoms with Crippen molar-refractivity contribution in [2.45, 2.75) is 58.4 Å². The van der Waals surface area contributed by atoms with Crippen LogP contribution in [0.1, 0.15) is 51.2 Å². The van der Waals surface area contributed by atoms with Crippen molar-refractivity contribution in [1.82, 2.24) is 20.5 Å². The summed E-state index contributed by atoms with van der Waals surface area (Å²) >= 11 is 1.64. The van der Waals surface area contributed by atoms with E-state index in [-0.39, 0.29) is 23.6 Å². The van der Waals surface area contributed by atoms with Crippen molar-refractivity contribution in [3.8, 4) is 0 Å². The summed E-state index contributed by atoms with van der Waals surface area (Å²) in [5.41, 5.74) is 1.15. The molecule has 1 fully saturated rings. The first-order chi connectivity index (χ1) is 12.3. The SMILES string of the molecule is CCOC(=O)N1CCC(NC(=O)NCCc2nc(C(C)(C)C)cs2)CC1. The molecule has 0 unspecified atom stereocenters. The summed E-state index contributed by atoms with van der Waals surface area (Å²) in [6.45, 7) is 10.4. The van der Waals surface area contributed by atoms with Crippen molar-refractivity contribution in [3.05, 3.63) is 16.1 Å². The van der Waals surface area contributed by atoms with Crippen LogP contribution in [0.2, 0.25) is 0 Å². The Labute approximate surface area is 159 Å². The van der Waals surface area contributed by atoms with Crippen LogP contribution in [0.3, 0.4) is 0 Å². The number of hydrogen-bond donors (Lipinski definition) is 2. The number of aromatic nitrogens is 1. The van der Waals surface area contributed by atoms with Crippen LogP contribution in [-0.4, -0.2) is 54.3 Å². The van der Waals surface area contributed by atoms with Gasteiger partial charge in [-0.1, -0.05) is 20.8 Å². The molecule has 2 N–H and O–H groups in total. The zero-order valence-electron chi connectivity index (χ0n) is 16.1. The number of nitrogens with one attached hydrogen (secondary N) is 2. The molecule has 0 aromatic carbocycles. The van der Waals surface area contributed by atoms with E-state index in [0.29, 0.717) is 26.2 Å². The molecule has 7 nitrogen and oxygen atoms in total. The Hall–Kier alpha value is -1.83. The van der Waals surface area contributed by atoms with E-state index in [1.807, 2.05) is 0 Å². The van der Waals surface area contributed by atoms with Gasteiger partial charge in [0.25, 0.3) is 0 Å². The molecule has 2 heterocycles. The van der Waals surface area contributed by atoms with Crippen LogP contribution < -0.4 is 10.6 Å². The number of thiazole rings is 1. The van der Waals surface area contributed by atoms with E-state index in [0.717, 1.165) is 30.0 Å². The van der Waals surface area contributed by atoms with Gasteiger partial charge in [0.05, 0.1) is 17.3 Å². The van der Waals surface area contributed by atoms with Gasteiger partial charge in [0.1, 0.15) is 0 Å². The molecule has 0 spiro atoms. The Morgan fingerprint density at radius 1 is 1.35 bits per heavy atom. The highest BCUT2D eigenvalue weighted by molar-refractivity contribution is 7.09. The van der Waals surface area contributed by atoms with Crippen molar-refractivity contribution < 1.29 is 14.3 Å². The van der Waals surface area contributed by atoms with Crippen LogP contribution in [0, 0.1) is 0 Å². The maximum atomic E-state index is 12.0. The Bertz CT molecular complexity index is 604. The van der Waals surface area contributed by atoms with Gasteiger partial charge < -0.3 is 20.3 Å². The van der Waals surface area contributed by atoms with Crippen molar-refractivity contribution in [3.63, 3.8) is 0 Å². The summed E-state index contributed by atoms with van der Waals surface area (Å²) in [7, 11) is 0. The average Bonchev–Trinajstić information content (AvgIpc) is 3.05. The Balaban J connectivity index is 1.65. The van der Waals surface area contributed by atoms with Gasteiger partial charge in [-0.15, -0.1) is 11.3 Å². The molecular formula is C18H30N4O3S.